The Morgan fingerprint density at radius 3 is 2.35 bits per heavy atom. The van der Waals surface area contributed by atoms with Gasteiger partial charge in [-0.2, -0.15) is 5.10 Å². The molecule has 2 aromatic carbocycles. The van der Waals surface area contributed by atoms with Crippen LogP contribution in [0, 0.1) is 0 Å². The number of halogens is 2. The second-order valence-corrected chi connectivity index (χ2v) is 10.4. The second-order valence-electron chi connectivity index (χ2n) is 9.59. The number of hydrogen-bond donors (Lipinski definition) is 0. The van der Waals surface area contributed by atoms with Gasteiger partial charge in [0.15, 0.2) is 12.4 Å². The van der Waals surface area contributed by atoms with Crippen molar-refractivity contribution in [3.63, 3.8) is 0 Å². The lowest BCUT2D eigenvalue weighted by atomic mass is 9.87. The highest BCUT2D eigenvalue weighted by molar-refractivity contribution is 6.35. The van der Waals surface area contributed by atoms with Crippen molar-refractivity contribution in [2.75, 3.05) is 26.2 Å². The molecule has 8 heteroatoms. The molecule has 0 N–H and O–H groups in total. The summed E-state index contributed by atoms with van der Waals surface area (Å²) in [6.45, 7) is 10.4. The maximum atomic E-state index is 12.9. The van der Waals surface area contributed by atoms with Crippen LogP contribution in [0.1, 0.15) is 42.4 Å². The monoisotopic (exact) mass is 500 g/mol. The number of carbonyl (C=O) groups is 1. The molecular formula is C26H30Cl2N4O2. The number of amides is 1. The van der Waals surface area contributed by atoms with E-state index in [1.54, 1.807) is 23.0 Å². The Kier molecular flexibility index (Phi) is 7.51. The van der Waals surface area contributed by atoms with Crippen molar-refractivity contribution in [2.24, 2.45) is 0 Å². The third-order valence-electron chi connectivity index (χ3n) is 6.01. The first-order valence-electron chi connectivity index (χ1n) is 11.4. The second kappa shape index (κ2) is 10.4. The van der Waals surface area contributed by atoms with Gasteiger partial charge in [0.2, 0.25) is 0 Å². The van der Waals surface area contributed by atoms with Crippen LogP contribution in [0.2, 0.25) is 10.0 Å². The van der Waals surface area contributed by atoms with Crippen molar-refractivity contribution in [3.05, 3.63) is 81.6 Å². The summed E-state index contributed by atoms with van der Waals surface area (Å²) in [5.74, 6) is 0.714. The number of ether oxygens (including phenoxy) is 1. The van der Waals surface area contributed by atoms with Crippen LogP contribution < -0.4 is 4.74 Å². The van der Waals surface area contributed by atoms with E-state index in [1.165, 1.54) is 5.56 Å². The van der Waals surface area contributed by atoms with E-state index in [0.29, 0.717) is 28.8 Å². The molecule has 1 fully saturated rings. The van der Waals surface area contributed by atoms with Gasteiger partial charge < -0.3 is 9.64 Å². The minimum atomic E-state index is -0.0579. The van der Waals surface area contributed by atoms with Gasteiger partial charge in [0.1, 0.15) is 5.75 Å². The number of piperazine rings is 1. The third-order valence-corrected chi connectivity index (χ3v) is 6.60. The normalized spacial score (nSPS) is 14.9. The molecule has 180 valence electrons. The van der Waals surface area contributed by atoms with Crippen molar-refractivity contribution < 1.29 is 9.53 Å². The molecule has 1 aromatic heterocycles. The highest BCUT2D eigenvalue weighted by Crippen LogP contribution is 2.25. The Morgan fingerprint density at radius 1 is 1.00 bits per heavy atom. The zero-order chi connectivity index (χ0) is 24.3. The van der Waals surface area contributed by atoms with Crippen LogP contribution in [0.15, 0.2) is 54.7 Å². The molecule has 2 heterocycles. The first kappa shape index (κ1) is 24.6. The van der Waals surface area contributed by atoms with Crippen molar-refractivity contribution in [3.8, 4) is 5.75 Å². The molecule has 1 aliphatic heterocycles. The van der Waals surface area contributed by atoms with Gasteiger partial charge in [0.05, 0.1) is 0 Å². The molecule has 0 spiro atoms. The molecule has 4 rings (SSSR count). The van der Waals surface area contributed by atoms with E-state index >= 15 is 0 Å². The van der Waals surface area contributed by atoms with Gasteiger partial charge in [-0.1, -0.05) is 62.2 Å². The zero-order valence-electron chi connectivity index (χ0n) is 19.8. The smallest absolute Gasteiger partial charge is 0.274 e. The topological polar surface area (TPSA) is 50.6 Å². The number of aromatic nitrogens is 2. The van der Waals surface area contributed by atoms with Gasteiger partial charge in [0.25, 0.3) is 5.91 Å². The standard InChI is InChI=1S/C26H30Cl2N4O2/c1-26(2,3)20-5-8-22(9-6-20)34-18-32-11-10-24(29-32)25(33)31-14-12-30(13-15-31)17-19-4-7-21(27)16-23(19)28/h4-11,16H,12-15,17-18H2,1-3H3. The lowest BCUT2D eigenvalue weighted by Gasteiger charge is -2.34. The van der Waals surface area contributed by atoms with Gasteiger partial charge in [-0.05, 0) is 46.9 Å². The Morgan fingerprint density at radius 2 is 1.71 bits per heavy atom. The summed E-state index contributed by atoms with van der Waals surface area (Å²) in [6, 6.07) is 15.4. The fourth-order valence-corrected chi connectivity index (χ4v) is 4.37. The van der Waals surface area contributed by atoms with Gasteiger partial charge in [-0.15, -0.1) is 0 Å². The van der Waals surface area contributed by atoms with Gasteiger partial charge in [0, 0.05) is 49.0 Å². The average molecular weight is 501 g/mol. The zero-order valence-corrected chi connectivity index (χ0v) is 21.3. The summed E-state index contributed by atoms with van der Waals surface area (Å²) >= 11 is 12.3. The summed E-state index contributed by atoms with van der Waals surface area (Å²) in [6.07, 6.45) is 1.77. The van der Waals surface area contributed by atoms with Crippen molar-refractivity contribution in [1.82, 2.24) is 19.6 Å². The highest BCUT2D eigenvalue weighted by atomic mass is 35.5. The molecule has 0 bridgehead atoms. The Labute approximate surface area is 211 Å². The SMILES string of the molecule is CC(C)(C)c1ccc(OCn2ccc(C(=O)N3CCN(Cc4ccc(Cl)cc4Cl)CC3)n2)cc1. The lowest BCUT2D eigenvalue weighted by molar-refractivity contribution is 0.0621. The first-order chi connectivity index (χ1) is 16.2. The first-order valence-corrected chi connectivity index (χ1v) is 12.2. The largest absolute Gasteiger partial charge is 0.471 e. The van der Waals surface area contributed by atoms with E-state index in [9.17, 15) is 4.79 Å². The molecule has 1 saturated heterocycles. The summed E-state index contributed by atoms with van der Waals surface area (Å²) < 4.78 is 7.48. The van der Waals surface area contributed by atoms with Crippen LogP contribution in [-0.2, 0) is 18.7 Å². The molecular weight excluding hydrogens is 471 g/mol. The minimum Gasteiger partial charge on any atom is -0.471 e. The molecule has 0 unspecified atom stereocenters. The van der Waals surface area contributed by atoms with E-state index < -0.39 is 0 Å². The molecule has 0 aliphatic carbocycles. The van der Waals surface area contributed by atoms with Gasteiger partial charge >= 0.3 is 0 Å². The lowest BCUT2D eigenvalue weighted by Crippen LogP contribution is -2.48. The minimum absolute atomic E-state index is 0.0579. The molecule has 0 radical (unpaired) electrons. The van der Waals surface area contributed by atoms with Crippen molar-refractivity contribution >= 4 is 29.1 Å². The fraction of sp³-hybridized carbons (Fsp3) is 0.385. The molecule has 0 saturated carbocycles. The van der Waals surface area contributed by atoms with Crippen LogP contribution in [0.3, 0.4) is 0 Å². The van der Waals surface area contributed by atoms with Crippen LogP contribution in [0.4, 0.5) is 0 Å². The van der Waals surface area contributed by atoms with E-state index in [-0.39, 0.29) is 18.1 Å². The van der Waals surface area contributed by atoms with E-state index in [4.69, 9.17) is 27.9 Å². The number of carbonyl (C=O) groups excluding carboxylic acids is 1. The highest BCUT2D eigenvalue weighted by Gasteiger charge is 2.24. The maximum Gasteiger partial charge on any atom is 0.274 e. The quantitative estimate of drug-likeness (QED) is 0.449. The fourth-order valence-electron chi connectivity index (χ4n) is 3.90. The average Bonchev–Trinajstić information content (AvgIpc) is 3.28. The third kappa shape index (κ3) is 6.12. The molecule has 0 atom stereocenters. The predicted molar refractivity (Wildman–Crippen MR) is 136 cm³/mol. The van der Waals surface area contributed by atoms with Gasteiger partial charge in [-0.3, -0.25) is 9.69 Å². The Hall–Kier alpha value is -2.54. The van der Waals surface area contributed by atoms with Crippen LogP contribution >= 0.6 is 23.2 Å². The van der Waals surface area contributed by atoms with Crippen molar-refractivity contribution in [1.29, 1.82) is 0 Å². The summed E-state index contributed by atoms with van der Waals surface area (Å²) in [7, 11) is 0. The van der Waals surface area contributed by atoms with E-state index in [2.05, 4.69) is 42.9 Å². The predicted octanol–water partition coefficient (Wildman–Crippen LogP) is 5.48. The number of rotatable bonds is 6. The Bertz CT molecular complexity index is 1130. The summed E-state index contributed by atoms with van der Waals surface area (Å²) in [5, 5.41) is 5.72. The van der Waals surface area contributed by atoms with E-state index in [0.717, 1.165) is 30.9 Å². The molecule has 3 aromatic rings. The molecule has 1 aliphatic rings. The van der Waals surface area contributed by atoms with Crippen LogP contribution in [0.5, 0.6) is 5.75 Å². The molecule has 6 nitrogen and oxygen atoms in total. The number of benzene rings is 2. The van der Waals surface area contributed by atoms with Crippen LogP contribution in [0.25, 0.3) is 0 Å². The van der Waals surface area contributed by atoms with Crippen molar-refractivity contribution in [2.45, 2.75) is 39.5 Å². The number of hydrogen-bond acceptors (Lipinski definition) is 4. The summed E-state index contributed by atoms with van der Waals surface area (Å²) in [4.78, 5) is 17.1. The number of nitrogens with zero attached hydrogens (tertiary/aromatic N) is 4. The van der Waals surface area contributed by atoms with Gasteiger partial charge in [-0.25, -0.2) is 4.68 Å². The summed E-state index contributed by atoms with van der Waals surface area (Å²) in [5.41, 5.74) is 2.83. The maximum absolute atomic E-state index is 12.9. The van der Waals surface area contributed by atoms with Crippen LogP contribution in [-0.4, -0.2) is 51.7 Å². The molecule has 1 amide bonds. The Balaban J connectivity index is 1.27. The van der Waals surface area contributed by atoms with E-state index in [1.807, 2.05) is 29.2 Å². The molecule has 34 heavy (non-hydrogen) atoms.